The highest BCUT2D eigenvalue weighted by Crippen LogP contribution is 2.49. The molecule has 1 aliphatic rings. The van der Waals surface area contributed by atoms with Gasteiger partial charge >= 0.3 is 0 Å². The van der Waals surface area contributed by atoms with Gasteiger partial charge in [0.2, 0.25) is 0 Å². The molecule has 222 valence electrons. The van der Waals surface area contributed by atoms with Crippen LogP contribution < -0.4 is 0 Å². The van der Waals surface area contributed by atoms with E-state index in [0.29, 0.717) is 0 Å². The highest BCUT2D eigenvalue weighted by Gasteiger charge is 2.35. The second-order valence-corrected chi connectivity index (χ2v) is 13.3. The smallest absolute Gasteiger partial charge is 0.0571 e. The summed E-state index contributed by atoms with van der Waals surface area (Å²) in [5.74, 6) is 0. The van der Waals surface area contributed by atoms with E-state index in [4.69, 9.17) is 0 Å². The number of pyridine rings is 1. The Labute approximate surface area is 273 Å². The molecule has 0 unspecified atom stereocenters. The van der Waals surface area contributed by atoms with Crippen molar-refractivity contribution >= 4 is 43.6 Å². The van der Waals surface area contributed by atoms with Crippen molar-refractivity contribution in [2.24, 2.45) is 0 Å². The summed E-state index contributed by atoms with van der Waals surface area (Å²) in [6, 6.07) is 51.1. The van der Waals surface area contributed by atoms with Crippen molar-refractivity contribution in [1.82, 2.24) is 14.1 Å². The molecule has 0 spiro atoms. The predicted molar refractivity (Wildman–Crippen MR) is 196 cm³/mol. The van der Waals surface area contributed by atoms with E-state index in [1.165, 1.54) is 83.0 Å². The Morgan fingerprint density at radius 2 is 1.06 bits per heavy atom. The van der Waals surface area contributed by atoms with E-state index in [1.54, 1.807) is 0 Å². The lowest BCUT2D eigenvalue weighted by Gasteiger charge is -2.22. The van der Waals surface area contributed by atoms with Gasteiger partial charge in [0.1, 0.15) is 0 Å². The molecule has 0 amide bonds. The summed E-state index contributed by atoms with van der Waals surface area (Å²) in [4.78, 5) is 4.57. The Morgan fingerprint density at radius 3 is 1.87 bits per heavy atom. The van der Waals surface area contributed by atoms with Crippen LogP contribution in [-0.4, -0.2) is 14.1 Å². The van der Waals surface area contributed by atoms with Crippen LogP contribution in [0.1, 0.15) is 25.0 Å². The number of fused-ring (bicyclic) bond motifs is 9. The second kappa shape index (κ2) is 9.54. The second-order valence-electron chi connectivity index (χ2n) is 13.3. The quantitative estimate of drug-likeness (QED) is 0.198. The molecule has 3 heterocycles. The van der Waals surface area contributed by atoms with Crippen molar-refractivity contribution in [3.8, 4) is 33.6 Å². The zero-order chi connectivity index (χ0) is 31.3. The molecule has 0 fully saturated rings. The molecule has 10 rings (SSSR count). The van der Waals surface area contributed by atoms with E-state index < -0.39 is 0 Å². The average molecular weight is 602 g/mol. The molecular weight excluding hydrogens is 571 g/mol. The largest absolute Gasteiger partial charge is 0.309 e. The number of aromatic nitrogens is 3. The van der Waals surface area contributed by atoms with Crippen LogP contribution in [0.25, 0.3) is 77.2 Å². The van der Waals surface area contributed by atoms with Crippen molar-refractivity contribution in [3.63, 3.8) is 0 Å². The van der Waals surface area contributed by atoms with Gasteiger partial charge in [0.05, 0.1) is 22.1 Å². The van der Waals surface area contributed by atoms with Crippen LogP contribution in [0.5, 0.6) is 0 Å². The average Bonchev–Trinajstić information content (AvgIpc) is 3.71. The molecule has 9 aromatic rings. The fraction of sp³-hybridized carbons (Fsp3) is 0.0682. The molecule has 47 heavy (non-hydrogen) atoms. The van der Waals surface area contributed by atoms with Crippen molar-refractivity contribution in [3.05, 3.63) is 163 Å². The highest BCUT2D eigenvalue weighted by atomic mass is 15.0. The van der Waals surface area contributed by atoms with Gasteiger partial charge in [0.15, 0.2) is 0 Å². The Bertz CT molecular complexity index is 2710. The zero-order valence-electron chi connectivity index (χ0n) is 26.3. The maximum atomic E-state index is 4.57. The minimum absolute atomic E-state index is 0.0578. The van der Waals surface area contributed by atoms with E-state index in [1.807, 2.05) is 12.4 Å². The SMILES string of the molecule is CC1(C)c2ccccc2-c2ccc(-n3c4ccncc4c4cc(-c5ccc6c(c5)c5ccccc5n6-c5ccccc5)ccc43)cc21. The van der Waals surface area contributed by atoms with Gasteiger partial charge in [0.25, 0.3) is 0 Å². The number of benzene rings is 6. The number of hydrogen-bond acceptors (Lipinski definition) is 1. The first kappa shape index (κ1) is 26.3. The van der Waals surface area contributed by atoms with Crippen molar-refractivity contribution < 1.29 is 0 Å². The number of nitrogens with zero attached hydrogens (tertiary/aromatic N) is 3. The predicted octanol–water partition coefficient (Wildman–Crippen LogP) is 11.2. The van der Waals surface area contributed by atoms with E-state index >= 15 is 0 Å². The third-order valence-corrected chi connectivity index (χ3v) is 10.4. The lowest BCUT2D eigenvalue weighted by atomic mass is 9.82. The van der Waals surface area contributed by atoms with Crippen LogP contribution in [0, 0.1) is 0 Å². The molecule has 0 atom stereocenters. The molecule has 0 saturated carbocycles. The van der Waals surface area contributed by atoms with Crippen LogP contribution in [0.2, 0.25) is 0 Å². The maximum absolute atomic E-state index is 4.57. The van der Waals surface area contributed by atoms with E-state index in [9.17, 15) is 0 Å². The molecule has 3 nitrogen and oxygen atoms in total. The minimum atomic E-state index is -0.0578. The molecule has 0 saturated heterocycles. The van der Waals surface area contributed by atoms with Crippen molar-refractivity contribution in [1.29, 1.82) is 0 Å². The summed E-state index contributed by atoms with van der Waals surface area (Å²) < 4.78 is 4.78. The maximum Gasteiger partial charge on any atom is 0.0571 e. The summed E-state index contributed by atoms with van der Waals surface area (Å²) in [5.41, 5.74) is 14.9. The van der Waals surface area contributed by atoms with Crippen LogP contribution >= 0.6 is 0 Å². The molecule has 0 N–H and O–H groups in total. The van der Waals surface area contributed by atoms with E-state index in [2.05, 4.69) is 167 Å². The molecule has 3 heteroatoms. The van der Waals surface area contributed by atoms with Gasteiger partial charge in [-0.15, -0.1) is 0 Å². The fourth-order valence-electron chi connectivity index (χ4n) is 8.16. The zero-order valence-corrected chi connectivity index (χ0v) is 26.3. The Hall–Kier alpha value is -5.93. The van der Waals surface area contributed by atoms with Crippen LogP contribution in [0.3, 0.4) is 0 Å². The highest BCUT2D eigenvalue weighted by molar-refractivity contribution is 6.12. The van der Waals surface area contributed by atoms with Gasteiger partial charge in [-0.1, -0.05) is 92.7 Å². The third kappa shape index (κ3) is 3.65. The third-order valence-electron chi connectivity index (χ3n) is 10.4. The van der Waals surface area contributed by atoms with E-state index in [-0.39, 0.29) is 5.41 Å². The van der Waals surface area contributed by atoms with Crippen molar-refractivity contribution in [2.75, 3.05) is 0 Å². The van der Waals surface area contributed by atoms with Gasteiger partial charge in [-0.2, -0.15) is 0 Å². The topological polar surface area (TPSA) is 22.8 Å². The standard InChI is InChI=1S/C44H31N3/c1-44(2)38-14-8-6-12-32(38)33-19-18-31(26-39(33)44)47-42-21-17-29(25-36(42)37-27-45-23-22-43(37)47)28-16-20-41-35(24-28)34-13-7-9-15-40(34)46(41)30-10-4-3-5-11-30/h3-27H,1-2H3. The molecular formula is C44H31N3. The fourth-order valence-corrected chi connectivity index (χ4v) is 8.16. The Balaban J connectivity index is 1.15. The molecule has 0 bridgehead atoms. The Kier molecular flexibility index (Phi) is 5.34. The summed E-state index contributed by atoms with van der Waals surface area (Å²) in [6.07, 6.45) is 3.92. The number of hydrogen-bond donors (Lipinski definition) is 0. The first-order valence-corrected chi connectivity index (χ1v) is 16.3. The summed E-state index contributed by atoms with van der Waals surface area (Å²) in [6.45, 7) is 4.69. The molecule has 3 aromatic heterocycles. The summed E-state index contributed by atoms with van der Waals surface area (Å²) >= 11 is 0. The summed E-state index contributed by atoms with van der Waals surface area (Å²) in [5, 5.41) is 4.89. The normalized spacial score (nSPS) is 13.5. The monoisotopic (exact) mass is 601 g/mol. The van der Waals surface area contributed by atoms with Gasteiger partial charge in [-0.3, -0.25) is 4.98 Å². The minimum Gasteiger partial charge on any atom is -0.309 e. The van der Waals surface area contributed by atoms with Gasteiger partial charge in [0, 0.05) is 50.7 Å². The van der Waals surface area contributed by atoms with Gasteiger partial charge in [-0.05, 0) is 94.0 Å². The van der Waals surface area contributed by atoms with Crippen molar-refractivity contribution in [2.45, 2.75) is 19.3 Å². The molecule has 1 aliphatic carbocycles. The first-order chi connectivity index (χ1) is 23.1. The number of rotatable bonds is 3. The molecule has 0 radical (unpaired) electrons. The van der Waals surface area contributed by atoms with Gasteiger partial charge in [-0.25, -0.2) is 0 Å². The van der Waals surface area contributed by atoms with Crippen LogP contribution in [-0.2, 0) is 5.41 Å². The number of para-hydroxylation sites is 2. The first-order valence-electron chi connectivity index (χ1n) is 16.3. The van der Waals surface area contributed by atoms with Crippen LogP contribution in [0.4, 0.5) is 0 Å². The van der Waals surface area contributed by atoms with Gasteiger partial charge < -0.3 is 9.13 Å². The lowest BCUT2D eigenvalue weighted by molar-refractivity contribution is 0.660. The van der Waals surface area contributed by atoms with E-state index in [0.717, 1.165) is 5.39 Å². The summed E-state index contributed by atoms with van der Waals surface area (Å²) in [7, 11) is 0. The molecule has 0 aliphatic heterocycles. The van der Waals surface area contributed by atoms with Crippen LogP contribution in [0.15, 0.2) is 152 Å². The Morgan fingerprint density at radius 1 is 0.447 bits per heavy atom. The molecule has 6 aromatic carbocycles. The lowest BCUT2D eigenvalue weighted by Crippen LogP contribution is -2.15.